The van der Waals surface area contributed by atoms with Gasteiger partial charge in [0.2, 0.25) is 5.91 Å². The van der Waals surface area contributed by atoms with Crippen molar-refractivity contribution >= 4 is 11.6 Å². The van der Waals surface area contributed by atoms with Crippen LogP contribution in [0.25, 0.3) is 11.3 Å². The molecule has 1 aliphatic rings. The second kappa shape index (κ2) is 5.55. The lowest BCUT2D eigenvalue weighted by Gasteiger charge is -2.22. The average molecular weight is 285 g/mol. The number of likely N-dealkylation sites (tertiary alicyclic amines) is 1. The van der Waals surface area contributed by atoms with Gasteiger partial charge < -0.3 is 15.2 Å². The molecule has 0 radical (unpaired) electrons. The fourth-order valence-corrected chi connectivity index (χ4v) is 2.76. The Morgan fingerprint density at radius 1 is 1.29 bits per heavy atom. The van der Waals surface area contributed by atoms with Crippen LogP contribution < -0.4 is 5.73 Å². The van der Waals surface area contributed by atoms with E-state index in [0.717, 1.165) is 37.2 Å². The molecule has 1 aliphatic heterocycles. The Hall–Kier alpha value is -2.37. The van der Waals surface area contributed by atoms with Crippen LogP contribution in [0.4, 0.5) is 5.69 Å². The van der Waals surface area contributed by atoms with Crippen LogP contribution in [0, 0.1) is 0 Å². The summed E-state index contributed by atoms with van der Waals surface area (Å²) in [5.41, 5.74) is 8.26. The molecule has 110 valence electrons. The van der Waals surface area contributed by atoms with Crippen molar-refractivity contribution in [1.82, 2.24) is 19.4 Å². The van der Waals surface area contributed by atoms with E-state index in [1.54, 1.807) is 31.0 Å². The van der Waals surface area contributed by atoms with Crippen LogP contribution >= 0.6 is 0 Å². The van der Waals surface area contributed by atoms with Crippen LogP contribution in [-0.4, -0.2) is 38.4 Å². The van der Waals surface area contributed by atoms with Gasteiger partial charge in [0, 0.05) is 36.7 Å². The average Bonchev–Trinajstić information content (AvgIpc) is 3.17. The molecule has 6 nitrogen and oxygen atoms in total. The number of hydrogen-bond donors (Lipinski definition) is 1. The summed E-state index contributed by atoms with van der Waals surface area (Å²) in [5.74, 6) is 0.134. The Labute approximate surface area is 123 Å². The zero-order chi connectivity index (χ0) is 14.8. The molecule has 0 bridgehead atoms. The van der Waals surface area contributed by atoms with E-state index >= 15 is 0 Å². The highest BCUT2D eigenvalue weighted by Crippen LogP contribution is 2.27. The van der Waals surface area contributed by atoms with Gasteiger partial charge in [-0.1, -0.05) is 0 Å². The summed E-state index contributed by atoms with van der Waals surface area (Å²) < 4.78 is 1.87. The van der Waals surface area contributed by atoms with Gasteiger partial charge in [0.05, 0.1) is 18.2 Å². The molecule has 2 aromatic rings. The molecule has 21 heavy (non-hydrogen) atoms. The first-order chi connectivity index (χ1) is 10.2. The molecule has 0 aromatic carbocycles. The lowest BCUT2D eigenvalue weighted by Crippen LogP contribution is -2.34. The number of imidazole rings is 1. The van der Waals surface area contributed by atoms with Crippen molar-refractivity contribution in [3.05, 3.63) is 31.0 Å². The monoisotopic (exact) mass is 285 g/mol. The summed E-state index contributed by atoms with van der Waals surface area (Å²) in [7, 11) is 0. The van der Waals surface area contributed by atoms with E-state index in [-0.39, 0.29) is 11.9 Å². The molecule has 1 unspecified atom stereocenters. The molecule has 2 N–H and O–H groups in total. The largest absolute Gasteiger partial charge is 0.398 e. The summed E-state index contributed by atoms with van der Waals surface area (Å²) in [4.78, 5) is 22.7. The number of rotatable bonds is 3. The molecule has 2 aromatic heterocycles. The molecular weight excluding hydrogens is 266 g/mol. The van der Waals surface area contributed by atoms with Gasteiger partial charge in [-0.3, -0.25) is 9.78 Å². The summed E-state index contributed by atoms with van der Waals surface area (Å²) >= 11 is 0. The number of aromatic nitrogens is 3. The van der Waals surface area contributed by atoms with E-state index < -0.39 is 0 Å². The number of amides is 1. The fourth-order valence-electron chi connectivity index (χ4n) is 2.76. The number of nitrogens with zero attached hydrogens (tertiary/aromatic N) is 4. The Morgan fingerprint density at radius 2 is 2.05 bits per heavy atom. The van der Waals surface area contributed by atoms with E-state index in [4.69, 9.17) is 5.73 Å². The first kappa shape index (κ1) is 13.6. The van der Waals surface area contributed by atoms with E-state index in [9.17, 15) is 4.79 Å². The standard InChI is InChI=1S/C15H19N5O/c1-11(15(21)19-6-2-3-7-19)20-10-18-9-14(20)12-8-17-5-4-13(12)16/h4-5,8-11H,2-3,6-7H2,1H3,(H2,16,17). The van der Waals surface area contributed by atoms with Gasteiger partial charge in [-0.2, -0.15) is 0 Å². The molecular formula is C15H19N5O. The predicted molar refractivity (Wildman–Crippen MR) is 80.4 cm³/mol. The van der Waals surface area contributed by atoms with Crippen LogP contribution in [0.3, 0.4) is 0 Å². The van der Waals surface area contributed by atoms with Crippen molar-refractivity contribution in [2.45, 2.75) is 25.8 Å². The van der Waals surface area contributed by atoms with Crippen molar-refractivity contribution in [2.75, 3.05) is 18.8 Å². The zero-order valence-corrected chi connectivity index (χ0v) is 12.1. The molecule has 1 saturated heterocycles. The quantitative estimate of drug-likeness (QED) is 0.931. The van der Waals surface area contributed by atoms with Gasteiger partial charge in [0.1, 0.15) is 6.04 Å². The normalized spacial score (nSPS) is 16.1. The lowest BCUT2D eigenvalue weighted by atomic mass is 10.1. The summed E-state index contributed by atoms with van der Waals surface area (Å²) in [5, 5.41) is 0. The molecule has 6 heteroatoms. The minimum absolute atomic E-state index is 0.134. The Balaban J connectivity index is 1.92. The van der Waals surface area contributed by atoms with E-state index in [2.05, 4.69) is 9.97 Å². The Morgan fingerprint density at radius 3 is 2.76 bits per heavy atom. The second-order valence-corrected chi connectivity index (χ2v) is 5.36. The number of nitrogens with two attached hydrogens (primary N) is 1. The topological polar surface area (TPSA) is 77.0 Å². The van der Waals surface area contributed by atoms with Crippen LogP contribution in [0.5, 0.6) is 0 Å². The van der Waals surface area contributed by atoms with Crippen LogP contribution in [0.2, 0.25) is 0 Å². The molecule has 3 rings (SSSR count). The highest BCUT2D eigenvalue weighted by Gasteiger charge is 2.26. The molecule has 3 heterocycles. The highest BCUT2D eigenvalue weighted by atomic mass is 16.2. The number of pyridine rings is 1. The van der Waals surface area contributed by atoms with Gasteiger partial charge in [0.15, 0.2) is 0 Å². The molecule has 0 saturated carbocycles. The molecule has 0 spiro atoms. The third-order valence-corrected chi connectivity index (χ3v) is 3.99. The lowest BCUT2D eigenvalue weighted by molar-refractivity contribution is -0.133. The fraction of sp³-hybridized carbons (Fsp3) is 0.400. The number of nitrogen functional groups attached to an aromatic ring is 1. The number of hydrogen-bond acceptors (Lipinski definition) is 4. The maximum Gasteiger partial charge on any atom is 0.245 e. The highest BCUT2D eigenvalue weighted by molar-refractivity contribution is 5.82. The SMILES string of the molecule is CC(C(=O)N1CCCC1)n1cncc1-c1cnccc1N. The van der Waals surface area contributed by atoms with Gasteiger partial charge in [0.25, 0.3) is 0 Å². The van der Waals surface area contributed by atoms with E-state index in [1.165, 1.54) is 0 Å². The molecule has 1 atom stereocenters. The third-order valence-electron chi connectivity index (χ3n) is 3.99. The van der Waals surface area contributed by atoms with Gasteiger partial charge in [-0.25, -0.2) is 4.98 Å². The maximum atomic E-state index is 12.5. The predicted octanol–water partition coefficient (Wildman–Crippen LogP) is 1.71. The second-order valence-electron chi connectivity index (χ2n) is 5.36. The zero-order valence-electron chi connectivity index (χ0n) is 12.1. The minimum Gasteiger partial charge on any atom is -0.398 e. The van der Waals surface area contributed by atoms with Gasteiger partial charge in [-0.05, 0) is 25.8 Å². The van der Waals surface area contributed by atoms with Gasteiger partial charge >= 0.3 is 0 Å². The number of anilines is 1. The number of carbonyl (C=O) groups excluding carboxylic acids is 1. The summed E-state index contributed by atoms with van der Waals surface area (Å²) in [6.45, 7) is 3.60. The summed E-state index contributed by atoms with van der Waals surface area (Å²) in [6.07, 6.45) is 8.94. The van der Waals surface area contributed by atoms with E-state index in [1.807, 2.05) is 16.4 Å². The maximum absolute atomic E-state index is 12.5. The Kier molecular flexibility index (Phi) is 3.60. The Bertz CT molecular complexity index is 645. The van der Waals surface area contributed by atoms with Crippen molar-refractivity contribution in [3.63, 3.8) is 0 Å². The van der Waals surface area contributed by atoms with Crippen molar-refractivity contribution in [3.8, 4) is 11.3 Å². The first-order valence-corrected chi connectivity index (χ1v) is 7.19. The van der Waals surface area contributed by atoms with Crippen molar-refractivity contribution < 1.29 is 4.79 Å². The van der Waals surface area contributed by atoms with Crippen LogP contribution in [0.1, 0.15) is 25.8 Å². The smallest absolute Gasteiger partial charge is 0.245 e. The third kappa shape index (κ3) is 2.49. The molecule has 1 amide bonds. The van der Waals surface area contributed by atoms with E-state index in [0.29, 0.717) is 5.69 Å². The van der Waals surface area contributed by atoms with Crippen LogP contribution in [-0.2, 0) is 4.79 Å². The molecule has 0 aliphatic carbocycles. The van der Waals surface area contributed by atoms with Gasteiger partial charge in [-0.15, -0.1) is 0 Å². The number of carbonyl (C=O) groups is 1. The summed E-state index contributed by atoms with van der Waals surface area (Å²) in [6, 6.07) is 1.46. The van der Waals surface area contributed by atoms with Crippen molar-refractivity contribution in [2.24, 2.45) is 0 Å². The first-order valence-electron chi connectivity index (χ1n) is 7.19. The van der Waals surface area contributed by atoms with Crippen molar-refractivity contribution in [1.29, 1.82) is 0 Å². The van der Waals surface area contributed by atoms with Crippen LogP contribution in [0.15, 0.2) is 31.0 Å². The minimum atomic E-state index is -0.291. The molecule has 1 fully saturated rings.